The van der Waals surface area contributed by atoms with E-state index in [1.807, 2.05) is 58.9 Å². The van der Waals surface area contributed by atoms with Crippen LogP contribution in [-0.2, 0) is 9.59 Å². The Kier molecular flexibility index (Phi) is 7.73. The summed E-state index contributed by atoms with van der Waals surface area (Å²) in [7, 11) is 1.61. The van der Waals surface area contributed by atoms with E-state index >= 15 is 0 Å². The second kappa shape index (κ2) is 9.82. The fraction of sp³-hybridized carbons (Fsp3) is 0.524. The van der Waals surface area contributed by atoms with Crippen molar-refractivity contribution in [3.8, 4) is 16.3 Å². The van der Waals surface area contributed by atoms with Crippen LogP contribution in [0.5, 0.6) is 5.75 Å². The van der Waals surface area contributed by atoms with Crippen LogP contribution in [0.3, 0.4) is 0 Å². The molecule has 0 bridgehead atoms. The van der Waals surface area contributed by atoms with Gasteiger partial charge < -0.3 is 10.1 Å². The molecule has 1 aromatic carbocycles. The number of anilines is 1. The van der Waals surface area contributed by atoms with Crippen molar-refractivity contribution in [2.24, 2.45) is 11.3 Å². The Morgan fingerprint density at radius 3 is 2.38 bits per heavy atom. The highest BCUT2D eigenvalue weighted by Gasteiger charge is 2.28. The van der Waals surface area contributed by atoms with E-state index in [-0.39, 0.29) is 23.1 Å². The molecule has 7 nitrogen and oxygen atoms in total. The maximum Gasteiger partial charge on any atom is 0.249 e. The molecule has 2 rings (SSSR count). The molecule has 2 N–H and O–H groups in total. The van der Waals surface area contributed by atoms with Crippen LogP contribution in [0, 0.1) is 11.3 Å². The summed E-state index contributed by atoms with van der Waals surface area (Å²) in [5.41, 5.74) is 0.744. The summed E-state index contributed by atoms with van der Waals surface area (Å²) in [6.45, 7) is 9.92. The predicted octanol–water partition coefficient (Wildman–Crippen LogP) is 4.12. The molecule has 2 amide bonds. The summed E-state index contributed by atoms with van der Waals surface area (Å²) >= 11 is 1.29. The Labute approximate surface area is 176 Å². The largest absolute Gasteiger partial charge is 0.497 e. The Hall–Kier alpha value is -2.48. The first-order valence-corrected chi connectivity index (χ1v) is 10.5. The van der Waals surface area contributed by atoms with Crippen LogP contribution in [0.2, 0.25) is 0 Å². The fourth-order valence-corrected chi connectivity index (χ4v) is 3.47. The van der Waals surface area contributed by atoms with Crippen molar-refractivity contribution in [1.29, 1.82) is 0 Å². The first kappa shape index (κ1) is 22.8. The molecule has 0 spiro atoms. The van der Waals surface area contributed by atoms with Gasteiger partial charge in [-0.2, -0.15) is 0 Å². The Bertz CT molecular complexity index is 827. The molecule has 1 aromatic heterocycles. The zero-order valence-electron chi connectivity index (χ0n) is 17.9. The summed E-state index contributed by atoms with van der Waals surface area (Å²) < 4.78 is 5.16. The monoisotopic (exact) mass is 418 g/mol. The van der Waals surface area contributed by atoms with Crippen molar-refractivity contribution in [1.82, 2.24) is 15.5 Å². The molecular formula is C21H30N4O3S. The minimum absolute atomic E-state index is 0.00658. The standard InChI is InChI=1S/C21H30N4O3S/c1-7-13(2)17(22-16(26)12-21(3,4)5)18(27)23-20-25-24-19(29-20)14-8-10-15(28-6)11-9-14/h8-11,13,17H,7,12H2,1-6H3,(H,22,26)(H,23,25,27)/t13-,17+/m0/s1. The lowest BCUT2D eigenvalue weighted by atomic mass is 9.91. The van der Waals surface area contributed by atoms with Gasteiger partial charge in [-0.05, 0) is 35.6 Å². The van der Waals surface area contributed by atoms with E-state index in [9.17, 15) is 9.59 Å². The molecule has 158 valence electrons. The number of hydrogen-bond donors (Lipinski definition) is 2. The van der Waals surface area contributed by atoms with Crippen LogP contribution in [-0.4, -0.2) is 35.2 Å². The summed E-state index contributed by atoms with van der Waals surface area (Å²) in [5.74, 6) is 0.343. The van der Waals surface area contributed by atoms with Crippen molar-refractivity contribution in [3.63, 3.8) is 0 Å². The third kappa shape index (κ3) is 6.81. The van der Waals surface area contributed by atoms with Crippen LogP contribution in [0.15, 0.2) is 24.3 Å². The van der Waals surface area contributed by atoms with Crippen molar-refractivity contribution in [2.75, 3.05) is 12.4 Å². The summed E-state index contributed by atoms with van der Waals surface area (Å²) in [6, 6.07) is 6.85. The van der Waals surface area contributed by atoms with Gasteiger partial charge >= 0.3 is 0 Å². The van der Waals surface area contributed by atoms with Gasteiger partial charge in [-0.1, -0.05) is 52.4 Å². The minimum atomic E-state index is -0.622. The molecular weight excluding hydrogens is 388 g/mol. The number of carbonyl (C=O) groups is 2. The van der Waals surface area contributed by atoms with Crippen LogP contribution in [0.25, 0.3) is 10.6 Å². The molecule has 2 aromatic rings. The molecule has 0 aliphatic heterocycles. The van der Waals surface area contributed by atoms with E-state index in [1.165, 1.54) is 11.3 Å². The molecule has 0 aliphatic rings. The zero-order chi connectivity index (χ0) is 21.6. The van der Waals surface area contributed by atoms with Crippen LogP contribution >= 0.6 is 11.3 Å². The van der Waals surface area contributed by atoms with Crippen molar-refractivity contribution in [2.45, 2.75) is 53.5 Å². The highest BCUT2D eigenvalue weighted by atomic mass is 32.1. The van der Waals surface area contributed by atoms with Crippen molar-refractivity contribution < 1.29 is 14.3 Å². The van der Waals surface area contributed by atoms with Crippen molar-refractivity contribution in [3.05, 3.63) is 24.3 Å². The van der Waals surface area contributed by atoms with Gasteiger partial charge in [-0.3, -0.25) is 14.9 Å². The maximum atomic E-state index is 12.8. The molecule has 29 heavy (non-hydrogen) atoms. The number of rotatable bonds is 8. The number of nitrogens with one attached hydrogen (secondary N) is 2. The molecule has 0 radical (unpaired) electrons. The number of nitrogens with zero attached hydrogens (tertiary/aromatic N) is 2. The van der Waals surface area contributed by atoms with E-state index in [4.69, 9.17) is 4.74 Å². The van der Waals surface area contributed by atoms with E-state index in [0.29, 0.717) is 16.6 Å². The van der Waals surface area contributed by atoms with Gasteiger partial charge in [0.15, 0.2) is 0 Å². The second-order valence-corrected chi connectivity index (χ2v) is 9.28. The van der Waals surface area contributed by atoms with Crippen molar-refractivity contribution >= 4 is 28.3 Å². The van der Waals surface area contributed by atoms with E-state index in [0.717, 1.165) is 17.7 Å². The molecule has 1 heterocycles. The topological polar surface area (TPSA) is 93.2 Å². The quantitative estimate of drug-likeness (QED) is 0.673. The highest BCUT2D eigenvalue weighted by Crippen LogP contribution is 2.28. The third-order valence-corrected chi connectivity index (χ3v) is 5.38. The zero-order valence-corrected chi connectivity index (χ0v) is 18.7. The summed E-state index contributed by atoms with van der Waals surface area (Å²) in [5, 5.41) is 15.0. The lowest BCUT2D eigenvalue weighted by molar-refractivity contribution is -0.128. The van der Waals surface area contributed by atoms with E-state index < -0.39 is 6.04 Å². The number of amides is 2. The predicted molar refractivity (Wildman–Crippen MR) is 116 cm³/mol. The molecule has 8 heteroatoms. The average molecular weight is 419 g/mol. The lowest BCUT2D eigenvalue weighted by Gasteiger charge is -2.25. The third-order valence-electron chi connectivity index (χ3n) is 4.49. The average Bonchev–Trinajstić information content (AvgIpc) is 3.12. The number of carbonyl (C=O) groups excluding carboxylic acids is 2. The smallest absolute Gasteiger partial charge is 0.249 e. The number of benzene rings is 1. The normalized spacial score (nSPS) is 13.4. The van der Waals surface area contributed by atoms with Crippen LogP contribution < -0.4 is 15.4 Å². The van der Waals surface area contributed by atoms with Crippen LogP contribution in [0.1, 0.15) is 47.5 Å². The number of ether oxygens (including phenoxy) is 1. The molecule has 0 saturated heterocycles. The fourth-order valence-electron chi connectivity index (χ4n) is 2.72. The van der Waals surface area contributed by atoms with Gasteiger partial charge in [-0.15, -0.1) is 10.2 Å². The summed E-state index contributed by atoms with van der Waals surface area (Å²) in [6.07, 6.45) is 1.12. The van der Waals surface area contributed by atoms with E-state index in [1.54, 1.807) is 7.11 Å². The maximum absolute atomic E-state index is 12.8. The summed E-state index contributed by atoms with van der Waals surface area (Å²) in [4.78, 5) is 25.2. The van der Waals surface area contributed by atoms with Gasteiger partial charge in [0.05, 0.1) is 7.11 Å². The number of hydrogen-bond acceptors (Lipinski definition) is 6. The molecule has 0 saturated carbocycles. The van der Waals surface area contributed by atoms with Gasteiger partial charge in [-0.25, -0.2) is 0 Å². The molecule has 0 fully saturated rings. The van der Waals surface area contributed by atoms with Crippen LogP contribution in [0.4, 0.5) is 5.13 Å². The molecule has 2 atom stereocenters. The molecule has 0 unspecified atom stereocenters. The molecule has 0 aliphatic carbocycles. The Balaban J connectivity index is 2.08. The Morgan fingerprint density at radius 2 is 1.83 bits per heavy atom. The van der Waals surface area contributed by atoms with Gasteiger partial charge in [0, 0.05) is 12.0 Å². The van der Waals surface area contributed by atoms with E-state index in [2.05, 4.69) is 20.8 Å². The number of methoxy groups -OCH3 is 1. The number of aromatic nitrogens is 2. The highest BCUT2D eigenvalue weighted by molar-refractivity contribution is 7.18. The first-order chi connectivity index (χ1) is 13.6. The van der Waals surface area contributed by atoms with Gasteiger partial charge in [0.1, 0.15) is 16.8 Å². The minimum Gasteiger partial charge on any atom is -0.497 e. The van der Waals surface area contributed by atoms with Gasteiger partial charge in [0.2, 0.25) is 16.9 Å². The second-order valence-electron chi connectivity index (χ2n) is 8.30. The first-order valence-electron chi connectivity index (χ1n) is 9.71. The SMILES string of the molecule is CC[C@H](C)[C@@H](NC(=O)CC(C)(C)C)C(=O)Nc1nnc(-c2ccc(OC)cc2)s1. The Morgan fingerprint density at radius 1 is 1.17 bits per heavy atom. The lowest BCUT2D eigenvalue weighted by Crippen LogP contribution is -2.48. The van der Waals surface area contributed by atoms with Gasteiger partial charge in [0.25, 0.3) is 0 Å².